The van der Waals surface area contributed by atoms with Crippen molar-refractivity contribution in [2.75, 3.05) is 6.79 Å². The van der Waals surface area contributed by atoms with E-state index in [4.69, 9.17) is 9.47 Å². The number of carbonyl (C=O) groups excluding carboxylic acids is 1. The van der Waals surface area contributed by atoms with Crippen molar-refractivity contribution < 1.29 is 19.2 Å². The summed E-state index contributed by atoms with van der Waals surface area (Å²) in [7, 11) is 0. The van der Waals surface area contributed by atoms with Crippen LogP contribution in [0.4, 0.5) is 5.69 Å². The Morgan fingerprint density at radius 3 is 2.63 bits per heavy atom. The lowest BCUT2D eigenvalue weighted by atomic mass is 10.1. The number of nitrogens with zero attached hydrogens (tertiary/aromatic N) is 2. The van der Waals surface area contributed by atoms with E-state index in [1.165, 1.54) is 12.1 Å². The van der Waals surface area contributed by atoms with Crippen molar-refractivity contribution in [2.24, 2.45) is 0 Å². The van der Waals surface area contributed by atoms with Crippen molar-refractivity contribution in [1.82, 2.24) is 4.90 Å². The minimum Gasteiger partial charge on any atom is -0.454 e. The number of para-hydroxylation sites is 1. The summed E-state index contributed by atoms with van der Waals surface area (Å²) in [5, 5.41) is 11.4. The molecule has 0 aromatic heterocycles. The van der Waals surface area contributed by atoms with E-state index in [-0.39, 0.29) is 30.0 Å². The van der Waals surface area contributed by atoms with Crippen LogP contribution in [0.25, 0.3) is 0 Å². The summed E-state index contributed by atoms with van der Waals surface area (Å²) in [5.74, 6) is 1.06. The van der Waals surface area contributed by atoms with Crippen LogP contribution >= 0.6 is 0 Å². The first-order valence-corrected chi connectivity index (χ1v) is 9.06. The SMILES string of the molecule is O=C(c1ccccc1[N+](=O)[O-])N(Cc1ccc2c(c1)OCO2)C1CCCC1. The number of hydrogen-bond donors (Lipinski definition) is 0. The quantitative estimate of drug-likeness (QED) is 0.590. The molecule has 1 amide bonds. The molecule has 0 atom stereocenters. The van der Waals surface area contributed by atoms with Crippen molar-refractivity contribution in [3.8, 4) is 11.5 Å². The van der Waals surface area contributed by atoms with Gasteiger partial charge in [-0.3, -0.25) is 14.9 Å². The molecule has 1 aliphatic heterocycles. The second kappa shape index (κ2) is 7.26. The molecule has 7 nitrogen and oxygen atoms in total. The van der Waals surface area contributed by atoms with Crippen LogP contribution in [0.2, 0.25) is 0 Å². The van der Waals surface area contributed by atoms with Crippen LogP contribution in [0.1, 0.15) is 41.6 Å². The predicted molar refractivity (Wildman–Crippen MR) is 97.8 cm³/mol. The molecular formula is C20H20N2O5. The van der Waals surface area contributed by atoms with E-state index in [9.17, 15) is 14.9 Å². The van der Waals surface area contributed by atoms with Crippen LogP contribution in [-0.4, -0.2) is 28.6 Å². The fraction of sp³-hybridized carbons (Fsp3) is 0.350. The van der Waals surface area contributed by atoms with Crippen molar-refractivity contribution in [3.05, 3.63) is 63.7 Å². The zero-order valence-corrected chi connectivity index (χ0v) is 14.8. The highest BCUT2D eigenvalue weighted by molar-refractivity contribution is 5.98. The van der Waals surface area contributed by atoms with Crippen LogP contribution in [0, 0.1) is 10.1 Å². The molecule has 140 valence electrons. The lowest BCUT2D eigenvalue weighted by Gasteiger charge is -2.29. The highest BCUT2D eigenvalue weighted by atomic mass is 16.7. The summed E-state index contributed by atoms with van der Waals surface area (Å²) in [6, 6.07) is 11.8. The van der Waals surface area contributed by atoms with Gasteiger partial charge in [-0.2, -0.15) is 0 Å². The topological polar surface area (TPSA) is 81.9 Å². The zero-order valence-electron chi connectivity index (χ0n) is 14.8. The third-order valence-corrected chi connectivity index (χ3v) is 5.15. The summed E-state index contributed by atoms with van der Waals surface area (Å²) in [5.41, 5.74) is 0.893. The summed E-state index contributed by atoms with van der Waals surface area (Å²) in [6.45, 7) is 0.576. The largest absolute Gasteiger partial charge is 0.454 e. The molecule has 1 heterocycles. The maximum atomic E-state index is 13.3. The summed E-state index contributed by atoms with van der Waals surface area (Å²) >= 11 is 0. The van der Waals surface area contributed by atoms with Gasteiger partial charge in [-0.25, -0.2) is 0 Å². The number of nitro groups is 1. The smallest absolute Gasteiger partial charge is 0.282 e. The Bertz CT molecular complexity index is 876. The highest BCUT2D eigenvalue weighted by Crippen LogP contribution is 2.34. The molecule has 2 aliphatic rings. The second-order valence-electron chi connectivity index (χ2n) is 6.83. The van der Waals surface area contributed by atoms with Crippen molar-refractivity contribution in [3.63, 3.8) is 0 Å². The molecule has 0 spiro atoms. The van der Waals surface area contributed by atoms with E-state index in [0.717, 1.165) is 31.2 Å². The summed E-state index contributed by atoms with van der Waals surface area (Å²) in [4.78, 5) is 25.9. The number of fused-ring (bicyclic) bond motifs is 1. The lowest BCUT2D eigenvalue weighted by molar-refractivity contribution is -0.385. The molecule has 2 aromatic carbocycles. The van der Waals surface area contributed by atoms with Crippen LogP contribution in [0.3, 0.4) is 0 Å². The van der Waals surface area contributed by atoms with Gasteiger partial charge in [0.05, 0.1) is 4.92 Å². The summed E-state index contributed by atoms with van der Waals surface area (Å²) < 4.78 is 10.8. The molecule has 2 aromatic rings. The monoisotopic (exact) mass is 368 g/mol. The van der Waals surface area contributed by atoms with E-state index in [2.05, 4.69) is 0 Å². The minimum absolute atomic E-state index is 0.0859. The normalized spacial score (nSPS) is 15.7. The van der Waals surface area contributed by atoms with Crippen LogP contribution < -0.4 is 9.47 Å². The third kappa shape index (κ3) is 3.45. The maximum absolute atomic E-state index is 13.3. The van der Waals surface area contributed by atoms with Crippen molar-refractivity contribution in [1.29, 1.82) is 0 Å². The minimum atomic E-state index is -0.499. The lowest BCUT2D eigenvalue weighted by Crippen LogP contribution is -2.38. The number of hydrogen-bond acceptors (Lipinski definition) is 5. The fourth-order valence-electron chi connectivity index (χ4n) is 3.79. The van der Waals surface area contributed by atoms with Crippen LogP contribution in [0.15, 0.2) is 42.5 Å². The van der Waals surface area contributed by atoms with Gasteiger partial charge >= 0.3 is 0 Å². The zero-order chi connectivity index (χ0) is 18.8. The van der Waals surface area contributed by atoms with Gasteiger partial charge in [0.25, 0.3) is 11.6 Å². The van der Waals surface area contributed by atoms with Gasteiger partial charge in [0.1, 0.15) is 5.56 Å². The van der Waals surface area contributed by atoms with Gasteiger partial charge in [-0.1, -0.05) is 31.0 Å². The molecule has 0 radical (unpaired) electrons. The Balaban J connectivity index is 1.65. The first-order valence-electron chi connectivity index (χ1n) is 9.06. The number of benzene rings is 2. The van der Waals surface area contributed by atoms with Crippen LogP contribution in [-0.2, 0) is 6.54 Å². The van der Waals surface area contributed by atoms with Crippen molar-refractivity contribution >= 4 is 11.6 Å². The first kappa shape index (κ1) is 17.3. The number of amides is 1. The molecule has 1 saturated carbocycles. The van der Waals surface area contributed by atoms with Crippen molar-refractivity contribution in [2.45, 2.75) is 38.3 Å². The molecule has 1 fully saturated rings. The highest BCUT2D eigenvalue weighted by Gasteiger charge is 2.31. The fourth-order valence-corrected chi connectivity index (χ4v) is 3.79. The Hall–Kier alpha value is -3.09. The average molecular weight is 368 g/mol. The van der Waals surface area contributed by atoms with E-state index in [1.54, 1.807) is 17.0 Å². The van der Waals surface area contributed by atoms with E-state index in [0.29, 0.717) is 18.0 Å². The second-order valence-corrected chi connectivity index (χ2v) is 6.83. The Labute approximate surface area is 156 Å². The molecule has 0 unspecified atom stereocenters. The first-order chi connectivity index (χ1) is 13.1. The van der Waals surface area contributed by atoms with Gasteiger partial charge in [0.15, 0.2) is 11.5 Å². The van der Waals surface area contributed by atoms with Crippen LogP contribution in [0.5, 0.6) is 11.5 Å². The van der Waals surface area contributed by atoms with Gasteiger partial charge in [-0.15, -0.1) is 0 Å². The van der Waals surface area contributed by atoms with E-state index >= 15 is 0 Å². The number of ether oxygens (including phenoxy) is 2. The number of nitro benzene ring substituents is 1. The Kier molecular flexibility index (Phi) is 4.66. The molecule has 1 aliphatic carbocycles. The van der Waals surface area contributed by atoms with E-state index in [1.807, 2.05) is 18.2 Å². The Morgan fingerprint density at radius 1 is 1.11 bits per heavy atom. The third-order valence-electron chi connectivity index (χ3n) is 5.15. The van der Waals surface area contributed by atoms with Gasteiger partial charge < -0.3 is 14.4 Å². The predicted octanol–water partition coefficient (Wildman–Crippen LogP) is 3.91. The standard InChI is InChI=1S/C20H20N2O5/c23-20(16-7-3-4-8-17(16)22(24)25)21(15-5-1-2-6-15)12-14-9-10-18-19(11-14)27-13-26-18/h3-4,7-11,15H,1-2,5-6,12-13H2. The van der Waals surface area contributed by atoms with Gasteiger partial charge in [0.2, 0.25) is 6.79 Å². The van der Waals surface area contributed by atoms with E-state index < -0.39 is 4.92 Å². The summed E-state index contributed by atoms with van der Waals surface area (Å²) in [6.07, 6.45) is 3.95. The Morgan fingerprint density at radius 2 is 1.85 bits per heavy atom. The maximum Gasteiger partial charge on any atom is 0.282 e. The molecule has 4 rings (SSSR count). The molecule has 27 heavy (non-hydrogen) atoms. The number of rotatable bonds is 5. The van der Waals surface area contributed by atoms with Gasteiger partial charge in [0, 0.05) is 18.7 Å². The molecule has 0 saturated heterocycles. The average Bonchev–Trinajstić information content (AvgIpc) is 3.36. The number of carbonyl (C=O) groups is 1. The molecule has 7 heteroatoms. The molecule has 0 bridgehead atoms. The molecular weight excluding hydrogens is 348 g/mol. The van der Waals surface area contributed by atoms with Gasteiger partial charge in [-0.05, 0) is 36.6 Å². The molecule has 0 N–H and O–H groups in total.